The average Bonchev–Trinajstić information content (AvgIpc) is 3.53. The molecule has 1 saturated carbocycles. The summed E-state index contributed by atoms with van der Waals surface area (Å²) in [7, 11) is 0. The van der Waals surface area contributed by atoms with E-state index in [0.29, 0.717) is 18.1 Å². The van der Waals surface area contributed by atoms with Gasteiger partial charge >= 0.3 is 0 Å². The fourth-order valence-corrected chi connectivity index (χ4v) is 7.51. The second-order valence-electron chi connectivity index (χ2n) is 9.89. The SMILES string of the molecule is Cc1ncc(CC(=O)CC2CCC(CCN3CCc4sc(C5CCCO5)nc4C3)CC2)s1. The lowest BCUT2D eigenvalue weighted by Crippen LogP contribution is -2.32. The molecule has 174 valence electrons. The van der Waals surface area contributed by atoms with Crippen molar-refractivity contribution >= 4 is 28.5 Å². The Morgan fingerprint density at radius 1 is 1.19 bits per heavy atom. The first kappa shape index (κ1) is 22.6. The van der Waals surface area contributed by atoms with E-state index in [0.717, 1.165) is 48.2 Å². The number of thiazole rings is 2. The third kappa shape index (κ3) is 5.66. The van der Waals surface area contributed by atoms with Crippen molar-refractivity contribution in [3.8, 4) is 0 Å². The molecular weight excluding hydrogens is 438 g/mol. The van der Waals surface area contributed by atoms with E-state index in [4.69, 9.17) is 9.72 Å². The van der Waals surface area contributed by atoms with Gasteiger partial charge in [0.2, 0.25) is 0 Å². The topological polar surface area (TPSA) is 55.3 Å². The summed E-state index contributed by atoms with van der Waals surface area (Å²) >= 11 is 3.55. The minimum absolute atomic E-state index is 0.257. The molecule has 0 N–H and O–H groups in total. The first-order valence-electron chi connectivity index (χ1n) is 12.4. The van der Waals surface area contributed by atoms with Crippen LogP contribution in [0.5, 0.6) is 0 Å². The number of rotatable bonds is 8. The van der Waals surface area contributed by atoms with Gasteiger partial charge in [-0.25, -0.2) is 9.97 Å². The van der Waals surface area contributed by atoms with Gasteiger partial charge in [-0.2, -0.15) is 0 Å². The summed E-state index contributed by atoms with van der Waals surface area (Å²) in [6.45, 7) is 6.26. The van der Waals surface area contributed by atoms with E-state index in [-0.39, 0.29) is 6.10 Å². The Bertz CT molecular complexity index is 910. The standard InChI is InChI=1S/C25H35N3O2S2/c1-17-26-15-21(31-17)14-20(29)13-19-6-4-18(5-7-19)8-10-28-11-9-24-22(16-28)27-25(32-24)23-3-2-12-30-23/h15,18-19,23H,2-14,16H2,1H3. The van der Waals surface area contributed by atoms with Crippen molar-refractivity contribution in [2.75, 3.05) is 19.7 Å². The first-order valence-corrected chi connectivity index (χ1v) is 14.0. The third-order valence-corrected chi connectivity index (χ3v) is 9.57. The van der Waals surface area contributed by atoms with Gasteiger partial charge in [-0.1, -0.05) is 12.8 Å². The summed E-state index contributed by atoms with van der Waals surface area (Å²) in [4.78, 5) is 26.9. The molecule has 2 fully saturated rings. The van der Waals surface area contributed by atoms with Crippen molar-refractivity contribution in [1.82, 2.24) is 14.9 Å². The lowest BCUT2D eigenvalue weighted by molar-refractivity contribution is -0.119. The lowest BCUT2D eigenvalue weighted by Gasteiger charge is -2.31. The number of nitrogens with zero attached hydrogens (tertiary/aromatic N) is 3. The van der Waals surface area contributed by atoms with Crippen molar-refractivity contribution in [1.29, 1.82) is 0 Å². The van der Waals surface area contributed by atoms with Crippen LogP contribution in [0.15, 0.2) is 6.20 Å². The molecule has 1 saturated heterocycles. The highest BCUT2D eigenvalue weighted by Crippen LogP contribution is 2.36. The van der Waals surface area contributed by atoms with E-state index in [1.807, 2.05) is 24.5 Å². The molecule has 4 heterocycles. The third-order valence-electron chi connectivity index (χ3n) is 7.41. The van der Waals surface area contributed by atoms with Crippen LogP contribution >= 0.6 is 22.7 Å². The first-order chi connectivity index (χ1) is 15.6. The number of aryl methyl sites for hydroxylation is 1. The zero-order valence-electron chi connectivity index (χ0n) is 19.2. The Balaban J connectivity index is 1.02. The summed E-state index contributed by atoms with van der Waals surface area (Å²) < 4.78 is 5.84. The fourth-order valence-electron chi connectivity index (χ4n) is 5.54. The van der Waals surface area contributed by atoms with Gasteiger partial charge in [-0.3, -0.25) is 9.69 Å². The molecule has 5 rings (SSSR count). The van der Waals surface area contributed by atoms with Crippen LogP contribution in [0.4, 0.5) is 0 Å². The Morgan fingerprint density at radius 3 is 2.78 bits per heavy atom. The van der Waals surface area contributed by atoms with E-state index in [1.165, 1.54) is 67.2 Å². The number of ether oxygens (including phenoxy) is 1. The van der Waals surface area contributed by atoms with Gasteiger partial charge in [0.05, 0.1) is 10.7 Å². The van der Waals surface area contributed by atoms with Crippen molar-refractivity contribution in [2.24, 2.45) is 11.8 Å². The van der Waals surface area contributed by atoms with Crippen LogP contribution in [-0.2, 0) is 28.9 Å². The molecule has 32 heavy (non-hydrogen) atoms. The normalized spacial score (nSPS) is 26.3. The van der Waals surface area contributed by atoms with Gasteiger partial charge < -0.3 is 4.74 Å². The molecule has 0 spiro atoms. The van der Waals surface area contributed by atoms with Crippen molar-refractivity contribution in [3.05, 3.63) is 31.7 Å². The Hall–Kier alpha value is -1.15. The number of carbonyl (C=O) groups excluding carboxylic acids is 1. The Kier molecular flexibility index (Phi) is 7.36. The predicted octanol–water partition coefficient (Wildman–Crippen LogP) is 5.52. The Labute approximate surface area is 199 Å². The van der Waals surface area contributed by atoms with Gasteiger partial charge in [0.15, 0.2) is 0 Å². The van der Waals surface area contributed by atoms with E-state index >= 15 is 0 Å². The van der Waals surface area contributed by atoms with Crippen LogP contribution < -0.4 is 0 Å². The zero-order chi connectivity index (χ0) is 21.9. The molecule has 2 aromatic heterocycles. The van der Waals surface area contributed by atoms with Gasteiger partial charge in [0.25, 0.3) is 0 Å². The molecule has 0 aromatic carbocycles. The molecule has 5 nitrogen and oxygen atoms in total. The highest BCUT2D eigenvalue weighted by molar-refractivity contribution is 7.12. The van der Waals surface area contributed by atoms with Gasteiger partial charge in [-0.05, 0) is 63.8 Å². The number of hydrogen-bond donors (Lipinski definition) is 0. The van der Waals surface area contributed by atoms with Crippen LogP contribution in [-0.4, -0.2) is 40.3 Å². The molecule has 3 aliphatic rings. The van der Waals surface area contributed by atoms with Crippen LogP contribution in [0.25, 0.3) is 0 Å². The minimum atomic E-state index is 0.257. The monoisotopic (exact) mass is 473 g/mol. The molecule has 1 aliphatic carbocycles. The Morgan fingerprint density at radius 2 is 2.03 bits per heavy atom. The number of hydrogen-bond acceptors (Lipinski definition) is 7. The summed E-state index contributed by atoms with van der Waals surface area (Å²) in [5, 5.41) is 2.27. The maximum Gasteiger partial charge on any atom is 0.138 e. The molecule has 0 radical (unpaired) electrons. The maximum atomic E-state index is 12.4. The van der Waals surface area contributed by atoms with Crippen LogP contribution in [0.1, 0.15) is 82.9 Å². The molecule has 7 heteroatoms. The molecule has 1 atom stereocenters. The molecule has 1 unspecified atom stereocenters. The molecular formula is C25H35N3O2S2. The summed E-state index contributed by atoms with van der Waals surface area (Å²) in [5.74, 6) is 1.81. The quantitative estimate of drug-likeness (QED) is 0.505. The molecule has 2 aromatic rings. The number of Topliss-reactive ketones (excluding diaryl/α,β-unsaturated/α-hetero) is 1. The van der Waals surface area contributed by atoms with Crippen molar-refractivity contribution in [3.63, 3.8) is 0 Å². The van der Waals surface area contributed by atoms with Gasteiger partial charge in [-0.15, -0.1) is 22.7 Å². The average molecular weight is 474 g/mol. The van der Waals surface area contributed by atoms with Gasteiger partial charge in [0, 0.05) is 48.5 Å². The fraction of sp³-hybridized carbons (Fsp3) is 0.720. The van der Waals surface area contributed by atoms with Crippen LogP contribution in [0.2, 0.25) is 0 Å². The largest absolute Gasteiger partial charge is 0.371 e. The highest BCUT2D eigenvalue weighted by Gasteiger charge is 2.28. The number of aromatic nitrogens is 2. The van der Waals surface area contributed by atoms with Crippen LogP contribution in [0.3, 0.4) is 0 Å². The maximum absolute atomic E-state index is 12.4. The summed E-state index contributed by atoms with van der Waals surface area (Å²) in [6, 6.07) is 0. The number of carbonyl (C=O) groups is 1. The van der Waals surface area contributed by atoms with E-state index < -0.39 is 0 Å². The van der Waals surface area contributed by atoms with Gasteiger partial charge in [0.1, 0.15) is 16.9 Å². The molecule has 2 aliphatic heterocycles. The molecule has 0 bridgehead atoms. The second kappa shape index (κ2) is 10.4. The highest BCUT2D eigenvalue weighted by atomic mass is 32.1. The molecule has 0 amide bonds. The smallest absolute Gasteiger partial charge is 0.138 e. The van der Waals surface area contributed by atoms with Crippen LogP contribution in [0, 0.1) is 18.8 Å². The predicted molar refractivity (Wildman–Crippen MR) is 129 cm³/mol. The van der Waals surface area contributed by atoms with E-state index in [9.17, 15) is 4.79 Å². The lowest BCUT2D eigenvalue weighted by atomic mass is 9.78. The van der Waals surface area contributed by atoms with Crippen molar-refractivity contribution in [2.45, 2.75) is 83.8 Å². The minimum Gasteiger partial charge on any atom is -0.371 e. The number of ketones is 1. The summed E-state index contributed by atoms with van der Waals surface area (Å²) in [5.41, 5.74) is 1.31. The summed E-state index contributed by atoms with van der Waals surface area (Å²) in [6.07, 6.45) is 13.2. The van der Waals surface area contributed by atoms with E-state index in [2.05, 4.69) is 9.88 Å². The second-order valence-corrected chi connectivity index (χ2v) is 12.3. The zero-order valence-corrected chi connectivity index (χ0v) is 20.8. The van der Waals surface area contributed by atoms with E-state index in [1.54, 1.807) is 11.3 Å². The van der Waals surface area contributed by atoms with Crippen molar-refractivity contribution < 1.29 is 9.53 Å². The number of fused-ring (bicyclic) bond motifs is 1.